The van der Waals surface area contributed by atoms with E-state index in [1.807, 2.05) is 0 Å². The van der Waals surface area contributed by atoms with E-state index >= 15 is 0 Å². The summed E-state index contributed by atoms with van der Waals surface area (Å²) in [6.45, 7) is 1.57. The molecule has 0 radical (unpaired) electrons. The van der Waals surface area contributed by atoms with E-state index in [0.717, 1.165) is 6.20 Å². The maximum absolute atomic E-state index is 11.0. The Morgan fingerprint density at radius 3 is 2.38 bits per heavy atom. The molecular weight excluding hydrogens is 176 g/mol. The van der Waals surface area contributed by atoms with Gasteiger partial charge >= 0.3 is 23.6 Å². The molecule has 1 rings (SSSR count). The first-order chi connectivity index (χ1) is 6.07. The molecule has 0 aromatic rings. The molecule has 0 saturated carbocycles. The first-order valence-electron chi connectivity index (χ1n) is 3.43. The van der Waals surface area contributed by atoms with Gasteiger partial charge in [0, 0.05) is 6.20 Å². The highest BCUT2D eigenvalue weighted by Gasteiger charge is 2.37. The Hall–Kier alpha value is -1.98. The molecule has 6 nitrogen and oxygen atoms in total. The van der Waals surface area contributed by atoms with E-state index < -0.39 is 23.6 Å². The van der Waals surface area contributed by atoms with Crippen LogP contribution in [0.1, 0.15) is 6.92 Å². The summed E-state index contributed by atoms with van der Waals surface area (Å²) in [4.78, 5) is 43.8. The van der Waals surface area contributed by atoms with Crippen LogP contribution in [0.25, 0.3) is 0 Å². The number of allylic oxidation sites excluding steroid dienone is 1. The van der Waals surface area contributed by atoms with Crippen LogP contribution in [0.15, 0.2) is 12.3 Å². The van der Waals surface area contributed by atoms with Gasteiger partial charge in [0.05, 0.1) is 0 Å². The molecule has 1 heterocycles. The Morgan fingerprint density at radius 2 is 1.85 bits per heavy atom. The number of barbiturate groups is 1. The average Bonchev–Trinajstić information content (AvgIpc) is 2.09. The fourth-order valence-electron chi connectivity index (χ4n) is 0.797. The number of Topliss-reactive ketones (excluding diaryl/α,β-unsaturated/α-hetero) is 1. The molecule has 6 heteroatoms. The molecular formula is C7H6N2O4. The van der Waals surface area contributed by atoms with Gasteiger partial charge in [-0.25, -0.2) is 9.69 Å². The van der Waals surface area contributed by atoms with E-state index in [0.29, 0.717) is 4.90 Å². The molecule has 1 saturated heterocycles. The summed E-state index contributed by atoms with van der Waals surface area (Å²) in [5.41, 5.74) is 0. The van der Waals surface area contributed by atoms with E-state index in [9.17, 15) is 19.2 Å². The Morgan fingerprint density at radius 1 is 1.23 bits per heavy atom. The zero-order chi connectivity index (χ0) is 10.0. The van der Waals surface area contributed by atoms with Crippen molar-refractivity contribution in [2.45, 2.75) is 6.92 Å². The molecule has 0 bridgehead atoms. The third-order valence-electron chi connectivity index (χ3n) is 1.36. The predicted octanol–water partition coefficient (Wildman–Crippen LogP) is -0.833. The molecule has 4 amide bonds. The number of hydrogen-bond acceptors (Lipinski definition) is 4. The molecule has 1 aliphatic rings. The summed E-state index contributed by atoms with van der Waals surface area (Å²) in [5, 5.41) is 1.72. The lowest BCUT2D eigenvalue weighted by molar-refractivity contribution is -0.149. The van der Waals surface area contributed by atoms with Gasteiger partial charge < -0.3 is 0 Å². The zero-order valence-corrected chi connectivity index (χ0v) is 6.73. The second-order valence-corrected chi connectivity index (χ2v) is 2.25. The van der Waals surface area contributed by atoms with Crippen molar-refractivity contribution in [3.63, 3.8) is 0 Å². The van der Waals surface area contributed by atoms with Crippen molar-refractivity contribution in [2.24, 2.45) is 0 Å². The lowest BCUT2D eigenvalue weighted by Gasteiger charge is -2.19. The lowest BCUT2D eigenvalue weighted by atomic mass is 10.3. The van der Waals surface area contributed by atoms with Crippen LogP contribution in [0.3, 0.4) is 0 Å². The highest BCUT2D eigenvalue weighted by Crippen LogP contribution is 2.00. The standard InChI is InChI=1S/C7H6N2O4/c1-2-3-9-6(12)4(10)5(11)8-7(9)13/h2-3H,1H3,(H,8,11,13). The molecule has 0 aromatic carbocycles. The molecule has 0 aliphatic carbocycles. The second kappa shape index (κ2) is 3.18. The van der Waals surface area contributed by atoms with Crippen LogP contribution >= 0.6 is 0 Å². The number of nitrogens with zero attached hydrogens (tertiary/aromatic N) is 1. The maximum Gasteiger partial charge on any atom is 0.335 e. The minimum absolute atomic E-state index is 0.545. The van der Waals surface area contributed by atoms with Crippen LogP contribution in [0.4, 0.5) is 4.79 Å². The van der Waals surface area contributed by atoms with Gasteiger partial charge in [-0.2, -0.15) is 0 Å². The third kappa shape index (κ3) is 1.46. The number of hydrogen-bond donors (Lipinski definition) is 1. The second-order valence-electron chi connectivity index (χ2n) is 2.25. The highest BCUT2D eigenvalue weighted by molar-refractivity contribution is 6.66. The number of carbonyl (C=O) groups excluding carboxylic acids is 4. The molecule has 1 fully saturated rings. The van der Waals surface area contributed by atoms with Gasteiger partial charge in [-0.1, -0.05) is 6.08 Å². The number of ketones is 1. The molecule has 1 aliphatic heterocycles. The minimum atomic E-state index is -1.24. The summed E-state index contributed by atoms with van der Waals surface area (Å²) in [7, 11) is 0. The van der Waals surface area contributed by atoms with E-state index in [1.54, 1.807) is 12.2 Å². The van der Waals surface area contributed by atoms with Gasteiger partial charge in [0.25, 0.3) is 0 Å². The van der Waals surface area contributed by atoms with Gasteiger partial charge in [0.1, 0.15) is 0 Å². The molecule has 0 unspecified atom stereocenters. The van der Waals surface area contributed by atoms with Crippen molar-refractivity contribution < 1.29 is 19.2 Å². The first kappa shape index (κ1) is 9.11. The zero-order valence-electron chi connectivity index (χ0n) is 6.73. The summed E-state index contributed by atoms with van der Waals surface area (Å²) in [6, 6.07) is -0.910. The van der Waals surface area contributed by atoms with Crippen LogP contribution in [0.5, 0.6) is 0 Å². The fraction of sp³-hybridized carbons (Fsp3) is 0.143. The van der Waals surface area contributed by atoms with Gasteiger partial charge in [-0.15, -0.1) is 0 Å². The van der Waals surface area contributed by atoms with Crippen molar-refractivity contribution in [1.29, 1.82) is 0 Å². The van der Waals surface area contributed by atoms with E-state index in [4.69, 9.17) is 0 Å². The summed E-state index contributed by atoms with van der Waals surface area (Å²) in [6.07, 6.45) is 2.52. The van der Waals surface area contributed by atoms with Crippen molar-refractivity contribution in [3.05, 3.63) is 12.3 Å². The van der Waals surface area contributed by atoms with Gasteiger partial charge in [0.2, 0.25) is 0 Å². The monoisotopic (exact) mass is 182 g/mol. The Balaban J connectivity index is 2.99. The summed E-state index contributed by atoms with van der Waals surface area (Å²) < 4.78 is 0. The highest BCUT2D eigenvalue weighted by atomic mass is 16.2. The maximum atomic E-state index is 11.0. The van der Waals surface area contributed by atoms with Crippen LogP contribution in [0.2, 0.25) is 0 Å². The van der Waals surface area contributed by atoms with Crippen LogP contribution in [-0.4, -0.2) is 28.5 Å². The predicted molar refractivity (Wildman–Crippen MR) is 40.2 cm³/mol. The topological polar surface area (TPSA) is 83.6 Å². The Labute approximate surface area is 73.2 Å². The number of imide groups is 2. The van der Waals surface area contributed by atoms with Crippen LogP contribution in [-0.2, 0) is 14.4 Å². The largest absolute Gasteiger partial charge is 0.335 e. The Bertz CT molecular complexity index is 331. The first-order valence-corrected chi connectivity index (χ1v) is 3.43. The SMILES string of the molecule is CC=CN1C(=O)NC(=O)C(=O)C1=O. The van der Waals surface area contributed by atoms with E-state index in [-0.39, 0.29) is 0 Å². The molecule has 0 spiro atoms. The van der Waals surface area contributed by atoms with Gasteiger partial charge in [-0.3, -0.25) is 19.7 Å². The van der Waals surface area contributed by atoms with Gasteiger partial charge in [0.15, 0.2) is 0 Å². The number of urea groups is 1. The number of amides is 4. The number of rotatable bonds is 1. The number of carbonyl (C=O) groups is 4. The van der Waals surface area contributed by atoms with Crippen molar-refractivity contribution >= 4 is 23.6 Å². The minimum Gasteiger partial charge on any atom is -0.277 e. The molecule has 68 valence electrons. The Kier molecular flexibility index (Phi) is 2.23. The summed E-state index contributed by atoms with van der Waals surface area (Å²) >= 11 is 0. The molecule has 1 N–H and O–H groups in total. The quantitative estimate of drug-likeness (QED) is 0.536. The third-order valence-corrected chi connectivity index (χ3v) is 1.36. The molecule has 13 heavy (non-hydrogen) atoms. The van der Waals surface area contributed by atoms with Crippen molar-refractivity contribution in [3.8, 4) is 0 Å². The van der Waals surface area contributed by atoms with Crippen LogP contribution in [0, 0.1) is 0 Å². The number of nitrogens with one attached hydrogen (secondary N) is 1. The van der Waals surface area contributed by atoms with E-state index in [1.165, 1.54) is 6.08 Å². The van der Waals surface area contributed by atoms with Gasteiger partial charge in [-0.05, 0) is 6.92 Å². The average molecular weight is 182 g/mol. The normalized spacial score (nSPS) is 18.4. The fourth-order valence-corrected chi connectivity index (χ4v) is 0.797. The smallest absolute Gasteiger partial charge is 0.277 e. The molecule has 0 aromatic heterocycles. The van der Waals surface area contributed by atoms with Crippen LogP contribution < -0.4 is 5.32 Å². The van der Waals surface area contributed by atoms with Crippen molar-refractivity contribution in [2.75, 3.05) is 0 Å². The molecule has 0 atom stereocenters. The summed E-state index contributed by atoms with van der Waals surface area (Å²) in [5.74, 6) is -3.56. The van der Waals surface area contributed by atoms with Crippen molar-refractivity contribution in [1.82, 2.24) is 10.2 Å². The lowest BCUT2D eigenvalue weighted by Crippen LogP contribution is -2.56. The van der Waals surface area contributed by atoms with E-state index in [2.05, 4.69) is 0 Å².